The Hall–Kier alpha value is -4.28. The second kappa shape index (κ2) is 8.49. The van der Waals surface area contributed by atoms with Crippen molar-refractivity contribution in [2.24, 2.45) is 0 Å². The molecule has 1 aliphatic heterocycles. The predicted octanol–water partition coefficient (Wildman–Crippen LogP) is 3.96. The summed E-state index contributed by atoms with van der Waals surface area (Å²) in [5, 5.41) is 11.9. The minimum atomic E-state index is -0.616. The standard InChI is InChI=1S/C24H27N9O2/c1-6-17-21-29-27-15-31(21)18-14-26-22(30-13-12-25-19(30)16-10-8-7-9-11-16)28-20(18)32(17)33(23(34)35-5)24(2,3)4/h7-15,17H,6H2,1-5H3. The van der Waals surface area contributed by atoms with Gasteiger partial charge in [-0.2, -0.15) is 4.98 Å². The summed E-state index contributed by atoms with van der Waals surface area (Å²) < 4.78 is 8.89. The van der Waals surface area contributed by atoms with Crippen molar-refractivity contribution in [1.29, 1.82) is 0 Å². The molecule has 1 aromatic carbocycles. The Morgan fingerprint density at radius 3 is 2.60 bits per heavy atom. The molecule has 4 aromatic rings. The number of fused-ring (bicyclic) bond motifs is 3. The lowest BCUT2D eigenvalue weighted by Crippen LogP contribution is -2.59. The van der Waals surface area contributed by atoms with E-state index >= 15 is 0 Å². The second-order valence-corrected chi connectivity index (χ2v) is 9.15. The number of hydrogen-bond donors (Lipinski definition) is 0. The van der Waals surface area contributed by atoms with Crippen LogP contribution in [0.5, 0.6) is 0 Å². The molecule has 0 bridgehead atoms. The minimum Gasteiger partial charge on any atom is -0.452 e. The van der Waals surface area contributed by atoms with Gasteiger partial charge in [0.1, 0.15) is 23.9 Å². The molecule has 1 aliphatic rings. The lowest BCUT2D eigenvalue weighted by atomic mass is 10.1. The van der Waals surface area contributed by atoms with Crippen LogP contribution in [-0.4, -0.2) is 58.0 Å². The van der Waals surface area contributed by atoms with E-state index in [9.17, 15) is 4.79 Å². The van der Waals surface area contributed by atoms with E-state index in [1.54, 1.807) is 23.7 Å². The summed E-state index contributed by atoms with van der Waals surface area (Å²) in [5.74, 6) is 2.38. The molecule has 0 saturated carbocycles. The zero-order valence-corrected chi connectivity index (χ0v) is 20.3. The number of ether oxygens (including phenoxy) is 1. The molecule has 1 unspecified atom stereocenters. The predicted molar refractivity (Wildman–Crippen MR) is 129 cm³/mol. The van der Waals surface area contributed by atoms with E-state index in [4.69, 9.17) is 9.72 Å². The van der Waals surface area contributed by atoms with E-state index in [0.29, 0.717) is 35.5 Å². The van der Waals surface area contributed by atoms with E-state index in [0.717, 1.165) is 5.56 Å². The highest BCUT2D eigenvalue weighted by Gasteiger charge is 2.43. The Morgan fingerprint density at radius 1 is 1.14 bits per heavy atom. The van der Waals surface area contributed by atoms with Crippen LogP contribution >= 0.6 is 0 Å². The molecule has 0 aliphatic carbocycles. The van der Waals surface area contributed by atoms with Gasteiger partial charge < -0.3 is 4.74 Å². The number of hydrazine groups is 1. The van der Waals surface area contributed by atoms with Gasteiger partial charge in [0.2, 0.25) is 5.95 Å². The largest absolute Gasteiger partial charge is 0.452 e. The molecule has 5 rings (SSSR count). The first-order valence-corrected chi connectivity index (χ1v) is 11.4. The van der Waals surface area contributed by atoms with Crippen LogP contribution in [-0.2, 0) is 4.74 Å². The van der Waals surface area contributed by atoms with Gasteiger partial charge in [-0.25, -0.2) is 24.8 Å². The molecule has 4 heterocycles. The molecule has 3 aromatic heterocycles. The highest BCUT2D eigenvalue weighted by molar-refractivity contribution is 5.74. The van der Waals surface area contributed by atoms with Crippen molar-refractivity contribution in [3.05, 3.63) is 61.1 Å². The number of nitrogens with zero attached hydrogens (tertiary/aromatic N) is 9. The van der Waals surface area contributed by atoms with E-state index in [1.165, 1.54) is 7.11 Å². The summed E-state index contributed by atoms with van der Waals surface area (Å²) in [5.41, 5.74) is 0.988. The third-order valence-corrected chi connectivity index (χ3v) is 5.85. The lowest BCUT2D eigenvalue weighted by molar-refractivity contribution is 0.0658. The number of carbonyl (C=O) groups excluding carboxylic acids is 1. The van der Waals surface area contributed by atoms with Gasteiger partial charge in [0, 0.05) is 18.0 Å². The fourth-order valence-electron chi connectivity index (χ4n) is 4.35. The van der Waals surface area contributed by atoms with Gasteiger partial charge in [-0.3, -0.25) is 9.13 Å². The minimum absolute atomic E-state index is 0.303. The molecule has 11 heteroatoms. The average molecular weight is 474 g/mol. The van der Waals surface area contributed by atoms with E-state index in [2.05, 4.69) is 20.2 Å². The Bertz CT molecular complexity index is 1360. The van der Waals surface area contributed by atoms with Gasteiger partial charge in [0.25, 0.3) is 0 Å². The number of aromatic nitrogens is 7. The van der Waals surface area contributed by atoms with E-state index < -0.39 is 11.6 Å². The number of anilines is 1. The molecule has 0 fully saturated rings. The zero-order valence-electron chi connectivity index (χ0n) is 20.3. The maximum Gasteiger partial charge on any atom is 0.429 e. The molecular weight excluding hydrogens is 446 g/mol. The molecule has 180 valence electrons. The van der Waals surface area contributed by atoms with Gasteiger partial charge in [-0.1, -0.05) is 37.3 Å². The van der Waals surface area contributed by atoms with Crippen molar-refractivity contribution in [3.8, 4) is 23.0 Å². The number of methoxy groups -OCH3 is 1. The molecule has 0 radical (unpaired) electrons. The molecule has 0 saturated heterocycles. The Labute approximate surface area is 203 Å². The van der Waals surface area contributed by atoms with Crippen LogP contribution in [0.3, 0.4) is 0 Å². The van der Waals surface area contributed by atoms with Gasteiger partial charge >= 0.3 is 6.09 Å². The quantitative estimate of drug-likeness (QED) is 0.438. The molecule has 0 N–H and O–H groups in total. The molecule has 1 amide bonds. The first-order valence-electron chi connectivity index (χ1n) is 11.4. The maximum atomic E-state index is 13.1. The van der Waals surface area contributed by atoms with Crippen molar-refractivity contribution < 1.29 is 9.53 Å². The Morgan fingerprint density at radius 2 is 1.91 bits per heavy atom. The number of benzene rings is 1. The summed E-state index contributed by atoms with van der Waals surface area (Å²) in [6.07, 6.45) is 7.05. The maximum absolute atomic E-state index is 13.1. The first-order chi connectivity index (χ1) is 16.8. The van der Waals surface area contributed by atoms with Crippen LogP contribution in [0.2, 0.25) is 0 Å². The summed E-state index contributed by atoms with van der Waals surface area (Å²) in [7, 11) is 1.37. The monoisotopic (exact) mass is 473 g/mol. The summed E-state index contributed by atoms with van der Waals surface area (Å²) in [6, 6.07) is 9.54. The fourth-order valence-corrected chi connectivity index (χ4v) is 4.35. The van der Waals surface area contributed by atoms with Crippen molar-refractivity contribution in [1.82, 2.24) is 39.3 Å². The summed E-state index contributed by atoms with van der Waals surface area (Å²) in [6.45, 7) is 7.87. The van der Waals surface area contributed by atoms with E-state index in [1.807, 2.05) is 78.4 Å². The number of rotatable bonds is 4. The molecule has 1 atom stereocenters. The molecule has 11 nitrogen and oxygen atoms in total. The first kappa shape index (κ1) is 22.5. The van der Waals surface area contributed by atoms with Crippen LogP contribution < -0.4 is 5.01 Å². The van der Waals surface area contributed by atoms with Crippen LogP contribution in [0, 0.1) is 0 Å². The summed E-state index contributed by atoms with van der Waals surface area (Å²) >= 11 is 0. The van der Waals surface area contributed by atoms with Crippen LogP contribution in [0.25, 0.3) is 23.0 Å². The second-order valence-electron chi connectivity index (χ2n) is 9.15. The Kier molecular flexibility index (Phi) is 5.46. The fraction of sp³-hybridized carbons (Fsp3) is 0.333. The highest BCUT2D eigenvalue weighted by atomic mass is 16.5. The van der Waals surface area contributed by atoms with Gasteiger partial charge in [-0.05, 0) is 27.2 Å². The number of hydrogen-bond acceptors (Lipinski definition) is 8. The average Bonchev–Trinajstić information content (AvgIpc) is 3.54. The van der Waals surface area contributed by atoms with Gasteiger partial charge in [0.05, 0.1) is 18.8 Å². The van der Waals surface area contributed by atoms with E-state index in [-0.39, 0.29) is 6.04 Å². The highest BCUT2D eigenvalue weighted by Crippen LogP contribution is 2.41. The van der Waals surface area contributed by atoms with Crippen molar-refractivity contribution in [2.75, 3.05) is 12.1 Å². The molecular formula is C24H27N9O2. The Balaban J connectivity index is 1.73. The normalized spacial score (nSPS) is 14.9. The third kappa shape index (κ3) is 3.69. The SMILES string of the molecule is CCC1c2nncn2-c2cnc(-n3ccnc3-c3ccccc3)nc2N1N(C(=O)OC)C(C)(C)C. The number of carbonyl (C=O) groups is 1. The van der Waals surface area contributed by atoms with Crippen molar-refractivity contribution >= 4 is 11.9 Å². The van der Waals surface area contributed by atoms with Gasteiger partial charge in [-0.15, -0.1) is 10.2 Å². The van der Waals surface area contributed by atoms with Crippen molar-refractivity contribution in [2.45, 2.75) is 45.7 Å². The number of amides is 1. The van der Waals surface area contributed by atoms with Crippen LogP contribution in [0.1, 0.15) is 46.0 Å². The zero-order chi connectivity index (χ0) is 24.7. The van der Waals surface area contributed by atoms with Crippen LogP contribution in [0.4, 0.5) is 10.6 Å². The number of imidazole rings is 1. The smallest absolute Gasteiger partial charge is 0.429 e. The molecule has 0 spiro atoms. The third-order valence-electron chi connectivity index (χ3n) is 5.85. The summed E-state index contributed by atoms with van der Waals surface area (Å²) in [4.78, 5) is 27.2. The van der Waals surface area contributed by atoms with Gasteiger partial charge in [0.15, 0.2) is 11.6 Å². The van der Waals surface area contributed by atoms with Crippen molar-refractivity contribution in [3.63, 3.8) is 0 Å². The molecule has 35 heavy (non-hydrogen) atoms. The van der Waals surface area contributed by atoms with Crippen LogP contribution in [0.15, 0.2) is 55.2 Å². The topological polar surface area (TPSA) is 107 Å². The lowest BCUT2D eigenvalue weighted by Gasteiger charge is -2.47.